The van der Waals surface area contributed by atoms with Crippen molar-refractivity contribution >= 4 is 27.6 Å². The number of carbonyl (C=O) groups is 2. The Labute approximate surface area is 157 Å². The topological polar surface area (TPSA) is 102 Å². The van der Waals surface area contributed by atoms with E-state index in [1.807, 2.05) is 6.07 Å². The summed E-state index contributed by atoms with van der Waals surface area (Å²) in [6.45, 7) is 1.45. The van der Waals surface area contributed by atoms with E-state index in [-0.39, 0.29) is 16.5 Å². The average Bonchev–Trinajstić information content (AvgIpc) is 3.46. The van der Waals surface area contributed by atoms with Crippen molar-refractivity contribution in [3.8, 4) is 0 Å². The number of rotatable bonds is 7. The molecule has 0 radical (unpaired) electrons. The molecule has 0 aromatic heterocycles. The zero-order valence-corrected chi connectivity index (χ0v) is 15.5. The number of hydrogen-bond acceptors (Lipinski definition) is 5. The van der Waals surface area contributed by atoms with Crippen LogP contribution < -0.4 is 10.0 Å². The minimum Gasteiger partial charge on any atom is -0.449 e. The highest BCUT2D eigenvalue weighted by atomic mass is 32.2. The second kappa shape index (κ2) is 7.89. The molecule has 7 nitrogen and oxygen atoms in total. The lowest BCUT2D eigenvalue weighted by atomic mass is 10.2. The molecule has 0 saturated heterocycles. The number of ether oxygens (including phenoxy) is 1. The van der Waals surface area contributed by atoms with Gasteiger partial charge >= 0.3 is 5.97 Å². The first-order valence-corrected chi connectivity index (χ1v) is 10.0. The molecule has 1 atom stereocenters. The van der Waals surface area contributed by atoms with Gasteiger partial charge in [0.05, 0.1) is 10.5 Å². The molecule has 8 heteroatoms. The predicted octanol–water partition coefficient (Wildman–Crippen LogP) is 2.31. The van der Waals surface area contributed by atoms with Crippen LogP contribution in [0.3, 0.4) is 0 Å². The quantitative estimate of drug-likeness (QED) is 0.709. The molecule has 2 N–H and O–H groups in total. The van der Waals surface area contributed by atoms with Crippen LogP contribution in [0, 0.1) is 0 Å². The van der Waals surface area contributed by atoms with E-state index in [2.05, 4.69) is 10.0 Å². The number of sulfonamides is 1. The largest absolute Gasteiger partial charge is 0.449 e. The molecular weight excluding hydrogens is 368 g/mol. The fraction of sp³-hybridized carbons (Fsp3) is 0.263. The van der Waals surface area contributed by atoms with E-state index in [9.17, 15) is 18.0 Å². The molecular formula is C19H20N2O5S. The Morgan fingerprint density at radius 1 is 1.07 bits per heavy atom. The maximum absolute atomic E-state index is 12.3. The van der Waals surface area contributed by atoms with Crippen molar-refractivity contribution in [1.29, 1.82) is 0 Å². The second-order valence-electron chi connectivity index (χ2n) is 6.33. The van der Waals surface area contributed by atoms with Crippen molar-refractivity contribution in [3.63, 3.8) is 0 Å². The summed E-state index contributed by atoms with van der Waals surface area (Å²) >= 11 is 0. The summed E-state index contributed by atoms with van der Waals surface area (Å²) in [5.74, 6) is -1.25. The highest BCUT2D eigenvalue weighted by Gasteiger charge is 2.28. The first-order valence-electron chi connectivity index (χ1n) is 8.54. The van der Waals surface area contributed by atoms with Crippen LogP contribution in [0.2, 0.25) is 0 Å². The van der Waals surface area contributed by atoms with E-state index >= 15 is 0 Å². The maximum atomic E-state index is 12.3. The van der Waals surface area contributed by atoms with Gasteiger partial charge in [0, 0.05) is 11.7 Å². The third kappa shape index (κ3) is 5.15. The Kier molecular flexibility index (Phi) is 5.57. The normalized spacial score (nSPS) is 15.0. The predicted molar refractivity (Wildman–Crippen MR) is 99.7 cm³/mol. The summed E-state index contributed by atoms with van der Waals surface area (Å²) in [5, 5.41) is 2.64. The van der Waals surface area contributed by atoms with Gasteiger partial charge < -0.3 is 10.1 Å². The van der Waals surface area contributed by atoms with E-state index in [4.69, 9.17) is 4.74 Å². The number of benzene rings is 2. The van der Waals surface area contributed by atoms with Crippen LogP contribution in [0.1, 0.15) is 30.1 Å². The fourth-order valence-electron chi connectivity index (χ4n) is 2.33. The molecule has 1 fully saturated rings. The van der Waals surface area contributed by atoms with Crippen LogP contribution in [-0.4, -0.2) is 32.4 Å². The van der Waals surface area contributed by atoms with Crippen LogP contribution in [0.4, 0.5) is 5.69 Å². The third-order valence-electron chi connectivity index (χ3n) is 3.97. The smallest absolute Gasteiger partial charge is 0.338 e. The molecule has 1 aliphatic carbocycles. The number of nitrogens with one attached hydrogen (secondary N) is 2. The summed E-state index contributed by atoms with van der Waals surface area (Å²) < 4.78 is 32.2. The summed E-state index contributed by atoms with van der Waals surface area (Å²) in [6.07, 6.45) is 0.590. The summed E-state index contributed by atoms with van der Waals surface area (Å²) in [6, 6.07) is 14.3. The number of hydrogen-bond donors (Lipinski definition) is 2. The third-order valence-corrected chi connectivity index (χ3v) is 5.49. The van der Waals surface area contributed by atoms with Crippen molar-refractivity contribution in [1.82, 2.24) is 4.72 Å². The van der Waals surface area contributed by atoms with Gasteiger partial charge in [-0.1, -0.05) is 24.3 Å². The zero-order valence-electron chi connectivity index (χ0n) is 14.7. The molecule has 1 amide bonds. The van der Waals surface area contributed by atoms with Crippen molar-refractivity contribution in [2.24, 2.45) is 0 Å². The number of anilines is 1. The van der Waals surface area contributed by atoms with Crippen molar-refractivity contribution < 1.29 is 22.7 Å². The minimum absolute atomic E-state index is 0.00904. The Morgan fingerprint density at radius 3 is 2.44 bits per heavy atom. The molecule has 27 heavy (non-hydrogen) atoms. The van der Waals surface area contributed by atoms with Crippen LogP contribution in [0.15, 0.2) is 59.5 Å². The van der Waals surface area contributed by atoms with Gasteiger partial charge in [-0.15, -0.1) is 0 Å². The van der Waals surface area contributed by atoms with Crippen LogP contribution in [-0.2, 0) is 19.6 Å². The highest BCUT2D eigenvalue weighted by molar-refractivity contribution is 7.89. The van der Waals surface area contributed by atoms with E-state index in [1.165, 1.54) is 31.2 Å². The van der Waals surface area contributed by atoms with Gasteiger partial charge in [0.15, 0.2) is 6.10 Å². The number of esters is 1. The van der Waals surface area contributed by atoms with E-state index in [0.717, 1.165) is 12.8 Å². The molecule has 3 rings (SSSR count). The lowest BCUT2D eigenvalue weighted by molar-refractivity contribution is -0.123. The Balaban J connectivity index is 1.65. The Hall–Kier alpha value is -2.71. The molecule has 1 aliphatic rings. The van der Waals surface area contributed by atoms with Gasteiger partial charge in [0.1, 0.15) is 0 Å². The Morgan fingerprint density at radius 2 is 1.78 bits per heavy atom. The molecule has 1 saturated carbocycles. The average molecular weight is 388 g/mol. The van der Waals surface area contributed by atoms with Gasteiger partial charge in [-0.2, -0.15) is 0 Å². The van der Waals surface area contributed by atoms with Gasteiger partial charge in [-0.25, -0.2) is 17.9 Å². The molecule has 0 bridgehead atoms. The molecule has 142 valence electrons. The standard InChI is InChI=1S/C19H20N2O5S/c1-13(18(22)20-15-7-3-2-4-8-15)26-19(23)14-6-5-9-17(12-14)27(24,25)21-16-10-11-16/h2-9,12-13,16,21H,10-11H2,1H3,(H,20,22). The second-order valence-corrected chi connectivity index (χ2v) is 8.04. The number of para-hydroxylation sites is 1. The van der Waals surface area contributed by atoms with Gasteiger partial charge in [0.25, 0.3) is 5.91 Å². The van der Waals surface area contributed by atoms with Gasteiger partial charge in [0.2, 0.25) is 10.0 Å². The van der Waals surface area contributed by atoms with E-state index in [1.54, 1.807) is 24.3 Å². The monoisotopic (exact) mass is 388 g/mol. The van der Waals surface area contributed by atoms with Crippen molar-refractivity contribution in [2.45, 2.75) is 36.8 Å². The molecule has 2 aromatic rings. The lowest BCUT2D eigenvalue weighted by Gasteiger charge is -2.14. The van der Waals surface area contributed by atoms with Gasteiger partial charge in [-0.3, -0.25) is 4.79 Å². The highest BCUT2D eigenvalue weighted by Crippen LogP contribution is 2.22. The molecule has 2 aromatic carbocycles. The minimum atomic E-state index is -3.68. The zero-order chi connectivity index (χ0) is 19.4. The molecule has 0 heterocycles. The van der Waals surface area contributed by atoms with E-state index < -0.39 is 28.0 Å². The first-order chi connectivity index (χ1) is 12.8. The van der Waals surface area contributed by atoms with Crippen LogP contribution in [0.5, 0.6) is 0 Å². The van der Waals surface area contributed by atoms with Crippen LogP contribution >= 0.6 is 0 Å². The maximum Gasteiger partial charge on any atom is 0.338 e. The van der Waals surface area contributed by atoms with Crippen molar-refractivity contribution in [2.75, 3.05) is 5.32 Å². The summed E-state index contributed by atoms with van der Waals surface area (Å²) in [4.78, 5) is 24.4. The fourth-order valence-corrected chi connectivity index (χ4v) is 3.68. The van der Waals surface area contributed by atoms with Gasteiger partial charge in [-0.05, 0) is 50.1 Å². The SMILES string of the molecule is CC(OC(=O)c1cccc(S(=O)(=O)NC2CC2)c1)C(=O)Nc1ccccc1. The number of carbonyl (C=O) groups excluding carboxylic acids is 2. The first kappa shape index (κ1) is 19.1. The molecule has 0 aliphatic heterocycles. The molecule has 1 unspecified atom stereocenters. The number of amides is 1. The van der Waals surface area contributed by atoms with Crippen molar-refractivity contribution in [3.05, 3.63) is 60.2 Å². The van der Waals surface area contributed by atoms with Crippen LogP contribution in [0.25, 0.3) is 0 Å². The lowest BCUT2D eigenvalue weighted by Crippen LogP contribution is -2.30. The summed E-state index contributed by atoms with van der Waals surface area (Å²) in [7, 11) is -3.68. The van der Waals surface area contributed by atoms with E-state index in [0.29, 0.717) is 5.69 Å². The Bertz CT molecular complexity index is 940. The summed E-state index contributed by atoms with van der Waals surface area (Å²) in [5.41, 5.74) is 0.651. The molecule has 0 spiro atoms.